The molecule has 0 N–H and O–H groups in total. The van der Waals surface area contributed by atoms with Gasteiger partial charge >= 0.3 is 0 Å². The van der Waals surface area contributed by atoms with Crippen molar-refractivity contribution in [2.24, 2.45) is 4.36 Å². The summed E-state index contributed by atoms with van der Waals surface area (Å²) in [6.45, 7) is 0. The minimum Gasteiger partial charge on any atom is -0.288 e. The largest absolute Gasteiger partial charge is 0.288 e. The smallest absolute Gasteiger partial charge is 0.281 e. The van der Waals surface area contributed by atoms with Crippen molar-refractivity contribution >= 4 is 32.7 Å². The Labute approximate surface area is 137 Å². The number of fused-ring (bicyclic) bond motifs is 2. The first-order chi connectivity index (χ1) is 11.2. The lowest BCUT2D eigenvalue weighted by molar-refractivity contribution is -0.385. The number of carbonyl (C=O) groups excluding carboxylic acids is 2. The number of rotatable bonds is 2. The Morgan fingerprint density at radius 3 is 2.00 bits per heavy atom. The number of benzene rings is 2. The average molecular weight is 344 g/mol. The molecule has 0 unspecified atom stereocenters. The van der Waals surface area contributed by atoms with Gasteiger partial charge in [-0.1, -0.05) is 24.3 Å². The van der Waals surface area contributed by atoms with Crippen LogP contribution < -0.4 is 0 Å². The highest BCUT2D eigenvalue weighted by Gasteiger charge is 2.37. The third-order valence-corrected chi connectivity index (χ3v) is 4.18. The topological polar surface area (TPSA) is 107 Å². The molecule has 122 valence electrons. The Kier molecular flexibility index (Phi) is 3.56. The summed E-state index contributed by atoms with van der Waals surface area (Å²) in [7, 11) is -2.62. The lowest BCUT2D eigenvalue weighted by Crippen LogP contribution is -2.22. The second-order valence-electron chi connectivity index (χ2n) is 5.59. The van der Waals surface area contributed by atoms with E-state index in [4.69, 9.17) is 0 Å². The zero-order chi connectivity index (χ0) is 17.6. The highest BCUT2D eigenvalue weighted by atomic mass is 32.2. The Morgan fingerprint density at radius 2 is 1.50 bits per heavy atom. The first-order valence-corrected chi connectivity index (χ1v) is 9.21. The Bertz CT molecular complexity index is 1040. The summed E-state index contributed by atoms with van der Waals surface area (Å²) in [6, 6.07) is 8.49. The van der Waals surface area contributed by atoms with Crippen LogP contribution in [0.1, 0.15) is 31.8 Å². The maximum Gasteiger partial charge on any atom is 0.281 e. The van der Waals surface area contributed by atoms with Gasteiger partial charge in [-0.15, -0.1) is 0 Å². The van der Waals surface area contributed by atoms with Gasteiger partial charge in [0.25, 0.3) is 5.69 Å². The van der Waals surface area contributed by atoms with Gasteiger partial charge in [0.1, 0.15) is 5.56 Å². The molecular formula is C16H12N2O5S. The Hall–Kier alpha value is -2.87. The van der Waals surface area contributed by atoms with Crippen LogP contribution in [0.5, 0.6) is 0 Å². The molecule has 24 heavy (non-hydrogen) atoms. The summed E-state index contributed by atoms with van der Waals surface area (Å²) in [4.78, 5) is 36.1. The summed E-state index contributed by atoms with van der Waals surface area (Å²) in [5, 5.41) is 11.3. The van der Waals surface area contributed by atoms with Crippen LogP contribution in [-0.2, 0) is 9.73 Å². The SMILES string of the molecule is CS(C)(=O)=Nc1ccc([N+](=O)[O-])c2c1C(=O)c1ccccc1C2=O. The summed E-state index contributed by atoms with van der Waals surface area (Å²) in [5.74, 6) is -1.14. The number of hydrogen-bond acceptors (Lipinski definition) is 6. The van der Waals surface area contributed by atoms with Crippen molar-refractivity contribution in [3.05, 3.63) is 68.8 Å². The van der Waals surface area contributed by atoms with Crippen LogP contribution in [0, 0.1) is 10.1 Å². The molecule has 2 aromatic carbocycles. The van der Waals surface area contributed by atoms with Crippen molar-refractivity contribution in [1.82, 2.24) is 0 Å². The van der Waals surface area contributed by atoms with Crippen LogP contribution in [0.25, 0.3) is 0 Å². The number of hydrogen-bond donors (Lipinski definition) is 0. The van der Waals surface area contributed by atoms with E-state index in [1.54, 1.807) is 12.1 Å². The molecule has 7 nitrogen and oxygen atoms in total. The predicted molar refractivity (Wildman–Crippen MR) is 88.5 cm³/mol. The van der Waals surface area contributed by atoms with E-state index < -0.39 is 31.9 Å². The lowest BCUT2D eigenvalue weighted by atomic mass is 9.82. The second-order valence-corrected chi connectivity index (χ2v) is 8.13. The van der Waals surface area contributed by atoms with Gasteiger partial charge in [-0.3, -0.25) is 19.7 Å². The average Bonchev–Trinajstić information content (AvgIpc) is 2.50. The predicted octanol–water partition coefficient (Wildman–Crippen LogP) is 2.73. The van der Waals surface area contributed by atoms with Crippen molar-refractivity contribution in [3.8, 4) is 0 Å². The van der Waals surface area contributed by atoms with E-state index in [2.05, 4.69) is 4.36 Å². The zero-order valence-electron chi connectivity index (χ0n) is 12.8. The molecule has 2 aromatic rings. The number of ketones is 2. The van der Waals surface area contributed by atoms with E-state index in [9.17, 15) is 23.9 Å². The molecule has 0 aromatic heterocycles. The van der Waals surface area contributed by atoms with Crippen LogP contribution in [-0.4, -0.2) is 33.2 Å². The Morgan fingerprint density at radius 1 is 0.958 bits per heavy atom. The van der Waals surface area contributed by atoms with Crippen molar-refractivity contribution in [3.63, 3.8) is 0 Å². The summed E-state index contributed by atoms with van der Waals surface area (Å²) in [5.41, 5.74) is -0.624. The maximum atomic E-state index is 12.8. The summed E-state index contributed by atoms with van der Waals surface area (Å²) < 4.78 is 16.0. The second kappa shape index (κ2) is 5.34. The first kappa shape index (κ1) is 16.0. The first-order valence-electron chi connectivity index (χ1n) is 6.87. The summed E-state index contributed by atoms with van der Waals surface area (Å²) >= 11 is 0. The van der Waals surface area contributed by atoms with E-state index in [1.165, 1.54) is 30.7 Å². The molecule has 1 aliphatic carbocycles. The van der Waals surface area contributed by atoms with Crippen molar-refractivity contribution in [2.75, 3.05) is 12.5 Å². The minimum atomic E-state index is -2.62. The number of nitro groups is 1. The fourth-order valence-corrected chi connectivity index (χ4v) is 3.28. The molecule has 0 saturated carbocycles. The van der Waals surface area contributed by atoms with Gasteiger partial charge in [0.2, 0.25) is 5.78 Å². The minimum absolute atomic E-state index is 0.0263. The third-order valence-electron chi connectivity index (χ3n) is 3.55. The molecule has 8 heteroatoms. The van der Waals surface area contributed by atoms with Gasteiger partial charge in [0.15, 0.2) is 5.78 Å². The monoisotopic (exact) mass is 344 g/mol. The molecule has 0 radical (unpaired) electrons. The van der Waals surface area contributed by atoms with Crippen molar-refractivity contribution < 1.29 is 18.7 Å². The molecule has 0 bridgehead atoms. The number of carbonyl (C=O) groups is 2. The van der Waals surface area contributed by atoms with Gasteiger partial charge < -0.3 is 0 Å². The molecule has 0 saturated heterocycles. The molecular weight excluding hydrogens is 332 g/mol. The van der Waals surface area contributed by atoms with E-state index in [0.717, 1.165) is 6.07 Å². The van der Waals surface area contributed by atoms with Gasteiger partial charge in [0.05, 0.1) is 16.2 Å². The lowest BCUT2D eigenvalue weighted by Gasteiger charge is -2.18. The van der Waals surface area contributed by atoms with E-state index >= 15 is 0 Å². The van der Waals surface area contributed by atoms with E-state index in [0.29, 0.717) is 0 Å². The zero-order valence-corrected chi connectivity index (χ0v) is 13.6. The van der Waals surface area contributed by atoms with Crippen LogP contribution in [0.4, 0.5) is 11.4 Å². The van der Waals surface area contributed by atoms with Gasteiger partial charge in [-0.05, 0) is 6.07 Å². The maximum absolute atomic E-state index is 12.8. The molecule has 0 amide bonds. The van der Waals surface area contributed by atoms with Gasteiger partial charge in [-0.2, -0.15) is 4.36 Å². The highest BCUT2D eigenvalue weighted by molar-refractivity contribution is 7.92. The standard InChI is InChI=1S/C16H12N2O5S/c1-24(2,23)17-11-7-8-12(18(21)22)14-13(11)15(19)9-5-3-4-6-10(9)16(14)20/h3-8H,1-2H3. The van der Waals surface area contributed by atoms with Crippen LogP contribution in [0.3, 0.4) is 0 Å². The Balaban J connectivity index is 2.45. The fourth-order valence-electron chi connectivity index (χ4n) is 2.65. The summed E-state index contributed by atoms with van der Waals surface area (Å²) in [6.07, 6.45) is 2.76. The van der Waals surface area contributed by atoms with Crippen LogP contribution >= 0.6 is 0 Å². The molecule has 0 atom stereocenters. The van der Waals surface area contributed by atoms with Gasteiger partial charge in [-0.25, -0.2) is 4.21 Å². The van der Waals surface area contributed by atoms with E-state index in [1.807, 2.05) is 0 Å². The number of nitro benzene ring substituents is 1. The molecule has 0 spiro atoms. The van der Waals surface area contributed by atoms with Gasteiger partial charge in [0, 0.05) is 39.4 Å². The molecule has 0 heterocycles. The molecule has 1 aliphatic rings. The van der Waals surface area contributed by atoms with Crippen molar-refractivity contribution in [2.45, 2.75) is 0 Å². The van der Waals surface area contributed by atoms with Crippen LogP contribution in [0.2, 0.25) is 0 Å². The third kappa shape index (κ3) is 2.50. The quantitative estimate of drug-likeness (QED) is 0.525. The normalized spacial score (nSPS) is 13.2. The molecule has 0 aliphatic heterocycles. The fraction of sp³-hybridized carbons (Fsp3) is 0.125. The highest BCUT2D eigenvalue weighted by Crippen LogP contribution is 2.38. The van der Waals surface area contributed by atoms with Crippen LogP contribution in [0.15, 0.2) is 40.8 Å². The van der Waals surface area contributed by atoms with Crippen molar-refractivity contribution in [1.29, 1.82) is 0 Å². The molecule has 0 fully saturated rings. The molecule has 3 rings (SSSR count). The number of nitrogens with zero attached hydrogens (tertiary/aromatic N) is 2. The van der Waals surface area contributed by atoms with E-state index in [-0.39, 0.29) is 27.9 Å².